The van der Waals surface area contributed by atoms with Crippen molar-refractivity contribution in [1.29, 1.82) is 0 Å². The van der Waals surface area contributed by atoms with Gasteiger partial charge in [0.2, 0.25) is 0 Å². The third-order valence-corrected chi connectivity index (χ3v) is 27.6. The Bertz CT molecular complexity index is 2700. The van der Waals surface area contributed by atoms with Crippen molar-refractivity contribution in [3.05, 3.63) is 0 Å². The fourth-order valence-electron chi connectivity index (χ4n) is 13.9. The summed E-state index contributed by atoms with van der Waals surface area (Å²) in [4.78, 5) is 95.3. The molecule has 0 aromatic rings. The number of rotatable bonds is 32. The highest BCUT2D eigenvalue weighted by molar-refractivity contribution is 8.01. The van der Waals surface area contributed by atoms with Crippen LogP contribution in [-0.4, -0.2) is 508 Å². The number of aliphatic hydroxyl groups is 16. The summed E-state index contributed by atoms with van der Waals surface area (Å²) in [5.74, 6) is -21.0. The van der Waals surface area contributed by atoms with Crippen LogP contribution in [-0.2, 0) is 114 Å². The van der Waals surface area contributed by atoms with Gasteiger partial charge in [-0.25, -0.2) is 0 Å². The predicted octanol–water partition coefficient (Wildman–Crippen LogP) is -10.8. The first-order chi connectivity index (χ1) is 56.7. The molecule has 30 rings (SSSR count). The SMILES string of the molecule is O=C(O)CSCC1O[C@@H]2O[C@@H]3C(CSCC(=O)O)O[C@H](O[C@@H]4C(CSCC(=O)O)O[C@H](O[C@@H]5C(CSCC(=O)O)O[C@H](O[C@@H]6C(CSCC(=O)O)O[C@H](O[C@@H]7C(CSCC(=O)O)O[C@H](O[C@@H]8C(CSCC(=O)O)O[C@H](O[C@@H]9C(CSCC(=O)O)O[C@H](O[C@H]1C(O)C2O)C(O)C9O)C(O)C8O)C(O)C7O)C(O)C6O)C(O)C5O)C(O)C4O)C(O)C3O. The molecule has 688 valence electrons. The second-order valence-corrected chi connectivity index (χ2v) is 36.5. The number of ether oxygens (including phenoxy) is 16. The van der Waals surface area contributed by atoms with Gasteiger partial charge >= 0.3 is 47.8 Å². The Morgan fingerprint density at radius 3 is 0.333 bits per heavy atom. The third-order valence-electron chi connectivity index (χ3n) is 19.5. The normalized spacial score (nSPS) is 43.5. The van der Waals surface area contributed by atoms with Gasteiger partial charge in [0.05, 0.1) is 94.9 Å². The zero-order chi connectivity index (χ0) is 88.0. The number of aliphatic carboxylic acids is 8. The van der Waals surface area contributed by atoms with E-state index in [0.717, 1.165) is 0 Å². The van der Waals surface area contributed by atoms with Gasteiger partial charge in [-0.2, -0.15) is 0 Å². The van der Waals surface area contributed by atoms with Gasteiger partial charge in [-0.05, 0) is 0 Å². The summed E-state index contributed by atoms with van der Waals surface area (Å²) >= 11 is 4.86. The van der Waals surface area contributed by atoms with E-state index in [2.05, 4.69) is 0 Å². The number of hydrogen-bond acceptors (Lipinski definition) is 48. The zero-order valence-corrected chi connectivity index (χ0v) is 68.7. The predicted molar refractivity (Wildman–Crippen MR) is 404 cm³/mol. The van der Waals surface area contributed by atoms with Crippen molar-refractivity contribution >= 4 is 142 Å². The Balaban J connectivity index is 1.10. The summed E-state index contributed by atoms with van der Waals surface area (Å²) in [6, 6.07) is 0. The molecule has 0 amide bonds. The molecule has 48 nitrogen and oxygen atoms in total. The minimum atomic E-state index is -2.39. The van der Waals surface area contributed by atoms with Crippen molar-refractivity contribution in [2.45, 2.75) is 246 Å². The van der Waals surface area contributed by atoms with Gasteiger partial charge in [-0.1, -0.05) is 0 Å². The highest BCUT2D eigenvalue weighted by Gasteiger charge is 2.61. The smallest absolute Gasteiger partial charge is 0.313 e. The molecule has 0 spiro atoms. The lowest BCUT2D eigenvalue weighted by atomic mass is 9.95. The van der Waals surface area contributed by atoms with Crippen molar-refractivity contribution in [1.82, 2.24) is 0 Å². The van der Waals surface area contributed by atoms with Crippen LogP contribution >= 0.6 is 94.1 Å². The summed E-state index contributed by atoms with van der Waals surface area (Å²) in [6.07, 6.45) is -85.5. The molecular formula is C64H96O48S8. The van der Waals surface area contributed by atoms with Gasteiger partial charge < -0.3 is 198 Å². The molecule has 30 aliphatic heterocycles. The number of hydrogen-bond donors (Lipinski definition) is 24. The van der Waals surface area contributed by atoms with E-state index < -0.39 is 385 Å². The second kappa shape index (κ2) is 47.0. The number of carbonyl (C=O) groups is 8. The van der Waals surface area contributed by atoms with E-state index in [-0.39, 0.29) is 0 Å². The zero-order valence-electron chi connectivity index (χ0n) is 62.2. The molecule has 30 saturated heterocycles. The molecule has 56 heteroatoms. The maximum absolute atomic E-state index is 12.1. The van der Waals surface area contributed by atoms with Gasteiger partial charge in [-0.15, -0.1) is 94.1 Å². The van der Waals surface area contributed by atoms with Gasteiger partial charge in [0, 0.05) is 46.0 Å². The van der Waals surface area contributed by atoms with Crippen molar-refractivity contribution in [3.63, 3.8) is 0 Å². The molecular weight excluding hydrogens is 1790 g/mol. The first-order valence-electron chi connectivity index (χ1n) is 36.5. The van der Waals surface area contributed by atoms with Gasteiger partial charge in [0.25, 0.3) is 0 Å². The molecule has 30 aliphatic rings. The first-order valence-corrected chi connectivity index (χ1v) is 45.7. The molecule has 120 heavy (non-hydrogen) atoms. The summed E-state index contributed by atoms with van der Waals surface area (Å²) in [6.45, 7) is 0. The average Bonchev–Trinajstić information content (AvgIpc) is 0.769. The Morgan fingerprint density at radius 2 is 0.250 bits per heavy atom. The summed E-state index contributed by atoms with van der Waals surface area (Å²) in [5.41, 5.74) is 0. The van der Waals surface area contributed by atoms with Crippen molar-refractivity contribution in [2.24, 2.45) is 0 Å². The largest absolute Gasteiger partial charge is 0.481 e. The Hall–Kier alpha value is -2.72. The first kappa shape index (κ1) is 101. The van der Waals surface area contributed by atoms with Crippen molar-refractivity contribution in [2.75, 3.05) is 92.0 Å². The van der Waals surface area contributed by atoms with Crippen molar-refractivity contribution < 1.29 is 237 Å². The lowest BCUT2D eigenvalue weighted by Crippen LogP contribution is -2.69. The van der Waals surface area contributed by atoms with E-state index in [1.165, 1.54) is 0 Å². The molecule has 0 radical (unpaired) electrons. The van der Waals surface area contributed by atoms with Crippen LogP contribution in [0, 0.1) is 0 Å². The van der Waals surface area contributed by atoms with Crippen LogP contribution in [0.5, 0.6) is 0 Å². The Labute approximate surface area is 712 Å². The number of carboxylic acid groups (broad SMARTS) is 8. The van der Waals surface area contributed by atoms with Crippen LogP contribution < -0.4 is 0 Å². The standard InChI is InChI=1S/C64H96O48S8/c65-25(66)9-113-1-17-49-33(81)41(89)57(97-17)106-50-18(2-114-10-26(67)68)99-59(43(91)35(50)83)108-52-20(4-116-12-28(71)72)101-61(45(93)37(52)85)110-54-22(6-118-14-30(75)76)103-63(47(95)39(54)87)112-56-24(8-120-16-32(79)80)104-64(48(96)40(56)88)111-55-23(7-119-15-31(77)78)102-62(46(94)38(55)86)109-53-21(5-117-13-29(73)74)100-60(44(92)36(53)84)107-51-19(3-115-11-27(69)70)98-58(105-49)42(90)34(51)82/h17-24,33-64,81-96H,1-16H2,(H,65,66)(H,67,68)(H,69,70)(H,71,72)(H,73,74)(H,75,76)(H,77,78)(H,79,80)/t17?,18?,19?,20?,21?,22?,23?,24?,33?,34?,35?,36?,37?,38?,39?,40?,41?,42?,43?,44?,45?,46?,47?,48?,49-,50-,51-,52-,53-,54-,55-,56-,57-,58-,59-,60-,61-,62-,63-,64-/m1/s1. The van der Waals surface area contributed by atoms with E-state index >= 15 is 0 Å². The van der Waals surface area contributed by atoms with E-state index in [1.54, 1.807) is 0 Å². The summed E-state index contributed by atoms with van der Waals surface area (Å²) in [7, 11) is 0. The molecule has 16 bridgehead atoms. The van der Waals surface area contributed by atoms with E-state index in [4.69, 9.17) is 75.8 Å². The molecule has 40 atom stereocenters. The maximum atomic E-state index is 12.1. The maximum Gasteiger partial charge on any atom is 0.313 e. The molecule has 0 saturated carbocycles. The molecule has 30 heterocycles. The fraction of sp³-hybridized carbons (Fsp3) is 0.875. The summed E-state index contributed by atoms with van der Waals surface area (Å²) in [5, 5.41) is 270. The Morgan fingerprint density at radius 1 is 0.158 bits per heavy atom. The number of carboxylic acids is 8. The van der Waals surface area contributed by atoms with Crippen LogP contribution in [0.4, 0.5) is 0 Å². The minimum Gasteiger partial charge on any atom is -0.481 e. The van der Waals surface area contributed by atoms with Crippen molar-refractivity contribution in [3.8, 4) is 0 Å². The second-order valence-electron chi connectivity index (χ2n) is 28.3. The van der Waals surface area contributed by atoms with Gasteiger partial charge in [0.1, 0.15) is 146 Å². The van der Waals surface area contributed by atoms with Gasteiger partial charge in [0.15, 0.2) is 50.3 Å². The van der Waals surface area contributed by atoms with E-state index in [0.29, 0.717) is 94.1 Å². The fourth-order valence-corrected chi connectivity index (χ4v) is 20.2. The number of aliphatic hydroxyl groups excluding tert-OH is 16. The molecule has 24 N–H and O–H groups in total. The third kappa shape index (κ3) is 26.7. The van der Waals surface area contributed by atoms with Crippen LogP contribution in [0.3, 0.4) is 0 Å². The Kier molecular flexibility index (Phi) is 39.6. The molecule has 0 aromatic carbocycles. The van der Waals surface area contributed by atoms with E-state index in [1.807, 2.05) is 0 Å². The van der Waals surface area contributed by atoms with E-state index in [9.17, 15) is 161 Å². The monoisotopic (exact) mass is 1890 g/mol. The molecule has 0 aromatic heterocycles. The number of thioether (sulfide) groups is 8. The lowest BCUT2D eigenvalue weighted by molar-refractivity contribution is -0.396. The van der Waals surface area contributed by atoms with Crippen LogP contribution in [0.1, 0.15) is 0 Å². The van der Waals surface area contributed by atoms with Crippen LogP contribution in [0.15, 0.2) is 0 Å². The van der Waals surface area contributed by atoms with Gasteiger partial charge in [-0.3, -0.25) is 38.4 Å². The lowest BCUT2D eigenvalue weighted by Gasteiger charge is -2.51. The van der Waals surface area contributed by atoms with Crippen LogP contribution in [0.25, 0.3) is 0 Å². The molecule has 0 aliphatic carbocycles. The molecule has 30 fully saturated rings. The highest BCUT2D eigenvalue weighted by atomic mass is 32.2. The minimum absolute atomic E-state index is 0.541. The van der Waals surface area contributed by atoms with Crippen LogP contribution in [0.2, 0.25) is 0 Å². The highest BCUT2D eigenvalue weighted by Crippen LogP contribution is 2.43. The summed E-state index contributed by atoms with van der Waals surface area (Å²) < 4.78 is 97.8. The molecule has 24 unspecified atom stereocenters. The quantitative estimate of drug-likeness (QED) is 0.0297. The average molecular weight is 1890 g/mol. The topological polar surface area (TPSA) is 770 Å².